The molecule has 2 rings (SSSR count). The molecule has 0 atom stereocenters. The van der Waals surface area contributed by atoms with Crippen molar-refractivity contribution >= 4 is 23.1 Å². The van der Waals surface area contributed by atoms with E-state index in [4.69, 9.17) is 16.3 Å². The molecule has 106 valence electrons. The van der Waals surface area contributed by atoms with Gasteiger partial charge in [-0.25, -0.2) is 14.4 Å². The molecule has 0 saturated carbocycles. The molecule has 2 aromatic rings. The van der Waals surface area contributed by atoms with Gasteiger partial charge in [-0.1, -0.05) is 11.6 Å². The number of ether oxygens (including phenoxy) is 1. The second-order valence-corrected chi connectivity index (χ2v) is 4.52. The average molecular weight is 296 g/mol. The quantitative estimate of drug-likeness (QED) is 0.790. The van der Waals surface area contributed by atoms with E-state index in [0.29, 0.717) is 30.0 Å². The Morgan fingerprint density at radius 2 is 1.95 bits per heavy atom. The first-order chi connectivity index (χ1) is 9.60. The highest BCUT2D eigenvalue weighted by molar-refractivity contribution is 6.29. The van der Waals surface area contributed by atoms with E-state index in [-0.39, 0.29) is 5.82 Å². The molecule has 0 aliphatic carbocycles. The minimum Gasteiger partial charge on any atom is -0.374 e. The third-order valence-corrected chi connectivity index (χ3v) is 2.91. The summed E-state index contributed by atoms with van der Waals surface area (Å²) in [5, 5.41) is 0.346. The normalized spacial score (nSPS) is 10.6. The summed E-state index contributed by atoms with van der Waals surface area (Å²) in [7, 11) is 1.83. The summed E-state index contributed by atoms with van der Waals surface area (Å²) >= 11 is 5.99. The molecule has 1 aromatic carbocycles. The Morgan fingerprint density at radius 1 is 1.25 bits per heavy atom. The van der Waals surface area contributed by atoms with Gasteiger partial charge in [-0.2, -0.15) is 0 Å². The average Bonchev–Trinajstić information content (AvgIpc) is 2.44. The molecule has 20 heavy (non-hydrogen) atoms. The summed E-state index contributed by atoms with van der Waals surface area (Å²) in [6.45, 7) is 2.79. The van der Waals surface area contributed by atoms with Crippen LogP contribution in [-0.4, -0.2) is 23.6 Å². The van der Waals surface area contributed by atoms with Crippen LogP contribution in [0.1, 0.15) is 12.7 Å². The number of halogens is 2. The highest BCUT2D eigenvalue weighted by Gasteiger charge is 2.09. The molecule has 0 aliphatic rings. The van der Waals surface area contributed by atoms with Gasteiger partial charge < -0.3 is 9.64 Å². The third kappa shape index (κ3) is 3.65. The molecule has 1 aromatic heterocycles. The van der Waals surface area contributed by atoms with Crippen molar-refractivity contribution in [2.24, 2.45) is 0 Å². The van der Waals surface area contributed by atoms with Gasteiger partial charge in [-0.05, 0) is 31.2 Å². The molecule has 6 heteroatoms. The lowest BCUT2D eigenvalue weighted by atomic mass is 10.3. The van der Waals surface area contributed by atoms with Crippen molar-refractivity contribution in [3.63, 3.8) is 0 Å². The number of rotatable bonds is 5. The monoisotopic (exact) mass is 295 g/mol. The summed E-state index contributed by atoms with van der Waals surface area (Å²) in [6, 6.07) is 7.80. The van der Waals surface area contributed by atoms with E-state index in [1.54, 1.807) is 18.2 Å². The lowest BCUT2D eigenvalue weighted by Gasteiger charge is -2.19. The Labute approximate surface area is 122 Å². The molecule has 0 bridgehead atoms. The number of hydrogen-bond donors (Lipinski definition) is 0. The van der Waals surface area contributed by atoms with Gasteiger partial charge in [0.1, 0.15) is 23.4 Å². The van der Waals surface area contributed by atoms with Gasteiger partial charge in [0.2, 0.25) is 0 Å². The summed E-state index contributed by atoms with van der Waals surface area (Å²) in [5.41, 5.74) is 0.809. The minimum absolute atomic E-state index is 0.278. The van der Waals surface area contributed by atoms with Crippen LogP contribution in [-0.2, 0) is 11.3 Å². The number of aromatic nitrogens is 2. The van der Waals surface area contributed by atoms with Gasteiger partial charge in [0.15, 0.2) is 5.82 Å². The molecule has 0 N–H and O–H groups in total. The fraction of sp³-hybridized carbons (Fsp3) is 0.286. The molecular weight excluding hydrogens is 281 g/mol. The molecule has 0 fully saturated rings. The molecule has 0 amide bonds. The smallest absolute Gasteiger partial charge is 0.158 e. The van der Waals surface area contributed by atoms with E-state index in [1.807, 2.05) is 18.9 Å². The number of hydrogen-bond acceptors (Lipinski definition) is 4. The maximum absolute atomic E-state index is 12.9. The van der Waals surface area contributed by atoms with Gasteiger partial charge in [-0.15, -0.1) is 0 Å². The third-order valence-electron chi connectivity index (χ3n) is 2.72. The molecule has 4 nitrogen and oxygen atoms in total. The van der Waals surface area contributed by atoms with E-state index in [1.165, 1.54) is 12.1 Å². The van der Waals surface area contributed by atoms with Gasteiger partial charge in [0.05, 0.1) is 0 Å². The molecule has 1 heterocycles. The first-order valence-corrected chi connectivity index (χ1v) is 6.58. The van der Waals surface area contributed by atoms with Crippen molar-refractivity contribution in [1.29, 1.82) is 0 Å². The molecule has 0 saturated heterocycles. The first-order valence-electron chi connectivity index (χ1n) is 6.20. The number of nitrogens with zero attached hydrogens (tertiary/aromatic N) is 3. The standard InChI is InChI=1S/C14H15ClFN3O/c1-3-20-9-13-17-12(15)8-14(18-13)19(2)11-6-4-10(16)5-7-11/h4-8H,3,9H2,1-2H3. The van der Waals surface area contributed by atoms with Crippen molar-refractivity contribution in [1.82, 2.24) is 9.97 Å². The zero-order chi connectivity index (χ0) is 14.5. The highest BCUT2D eigenvalue weighted by Crippen LogP contribution is 2.23. The van der Waals surface area contributed by atoms with Gasteiger partial charge in [0.25, 0.3) is 0 Å². The number of anilines is 2. The van der Waals surface area contributed by atoms with Crippen molar-refractivity contribution in [2.45, 2.75) is 13.5 Å². The Balaban J connectivity index is 2.26. The predicted molar refractivity (Wildman–Crippen MR) is 76.8 cm³/mol. The van der Waals surface area contributed by atoms with Gasteiger partial charge in [0, 0.05) is 25.4 Å². The lowest BCUT2D eigenvalue weighted by molar-refractivity contribution is 0.128. The van der Waals surface area contributed by atoms with Crippen LogP contribution >= 0.6 is 11.6 Å². The van der Waals surface area contributed by atoms with Gasteiger partial charge >= 0.3 is 0 Å². The van der Waals surface area contributed by atoms with E-state index < -0.39 is 0 Å². The van der Waals surface area contributed by atoms with Crippen LogP contribution in [0.15, 0.2) is 30.3 Å². The Hall–Kier alpha value is -1.72. The highest BCUT2D eigenvalue weighted by atomic mass is 35.5. The van der Waals surface area contributed by atoms with E-state index in [9.17, 15) is 4.39 Å². The van der Waals surface area contributed by atoms with Crippen molar-refractivity contribution in [2.75, 3.05) is 18.6 Å². The Bertz CT molecular complexity index is 577. The van der Waals surface area contributed by atoms with E-state index in [2.05, 4.69) is 9.97 Å². The zero-order valence-corrected chi connectivity index (χ0v) is 12.1. The Kier molecular flexibility index (Phi) is 4.87. The second-order valence-electron chi connectivity index (χ2n) is 4.14. The maximum atomic E-state index is 12.9. The zero-order valence-electron chi connectivity index (χ0n) is 11.3. The van der Waals surface area contributed by atoms with Crippen LogP contribution < -0.4 is 4.90 Å². The Morgan fingerprint density at radius 3 is 2.60 bits per heavy atom. The lowest BCUT2D eigenvalue weighted by Crippen LogP contribution is -2.13. The first kappa shape index (κ1) is 14.7. The summed E-state index contributed by atoms with van der Waals surface area (Å²) in [4.78, 5) is 10.3. The fourth-order valence-electron chi connectivity index (χ4n) is 1.68. The minimum atomic E-state index is -0.278. The van der Waals surface area contributed by atoms with Gasteiger partial charge in [-0.3, -0.25) is 0 Å². The largest absolute Gasteiger partial charge is 0.374 e. The summed E-state index contributed by atoms with van der Waals surface area (Å²) < 4.78 is 18.2. The second kappa shape index (κ2) is 6.63. The molecular formula is C14H15ClFN3O. The number of benzene rings is 1. The molecule has 0 spiro atoms. The maximum Gasteiger partial charge on any atom is 0.158 e. The summed E-state index contributed by atoms with van der Waals surface area (Å²) in [5.74, 6) is 0.870. The van der Waals surface area contributed by atoms with Crippen LogP contribution in [0.25, 0.3) is 0 Å². The van der Waals surface area contributed by atoms with E-state index in [0.717, 1.165) is 5.69 Å². The van der Waals surface area contributed by atoms with Crippen LogP contribution in [0.5, 0.6) is 0 Å². The summed E-state index contributed by atoms with van der Waals surface area (Å²) in [6.07, 6.45) is 0. The van der Waals surface area contributed by atoms with Crippen molar-refractivity contribution < 1.29 is 9.13 Å². The predicted octanol–water partition coefficient (Wildman–Crippen LogP) is 3.57. The topological polar surface area (TPSA) is 38.2 Å². The molecule has 0 unspecified atom stereocenters. The van der Waals surface area contributed by atoms with Crippen LogP contribution in [0, 0.1) is 5.82 Å². The van der Waals surface area contributed by atoms with Crippen LogP contribution in [0.3, 0.4) is 0 Å². The molecule has 0 radical (unpaired) electrons. The van der Waals surface area contributed by atoms with Crippen molar-refractivity contribution in [3.05, 3.63) is 47.1 Å². The SMILES string of the molecule is CCOCc1nc(Cl)cc(N(C)c2ccc(F)cc2)n1. The fourth-order valence-corrected chi connectivity index (χ4v) is 1.87. The molecule has 0 aliphatic heterocycles. The van der Waals surface area contributed by atoms with Crippen LogP contribution in [0.2, 0.25) is 5.15 Å². The van der Waals surface area contributed by atoms with Crippen LogP contribution in [0.4, 0.5) is 15.9 Å². The van der Waals surface area contributed by atoms with E-state index >= 15 is 0 Å². The van der Waals surface area contributed by atoms with Crippen molar-refractivity contribution in [3.8, 4) is 0 Å².